The van der Waals surface area contributed by atoms with Crippen molar-refractivity contribution in [1.29, 1.82) is 0 Å². The largest absolute Gasteiger partial charge is 0.369 e. The van der Waals surface area contributed by atoms with Crippen molar-refractivity contribution in [2.75, 3.05) is 23.3 Å². The summed E-state index contributed by atoms with van der Waals surface area (Å²) in [5.41, 5.74) is 0. The minimum atomic E-state index is 0.547. The van der Waals surface area contributed by atoms with E-state index in [4.69, 9.17) is 0 Å². The van der Waals surface area contributed by atoms with Crippen LogP contribution in [-0.4, -0.2) is 29.1 Å². The lowest BCUT2D eigenvalue weighted by Gasteiger charge is -2.24. The number of halogens is 1. The predicted molar refractivity (Wildman–Crippen MR) is 79.1 cm³/mol. The van der Waals surface area contributed by atoms with Crippen molar-refractivity contribution in [2.45, 2.75) is 39.7 Å². The van der Waals surface area contributed by atoms with Crippen LogP contribution in [0.15, 0.2) is 10.8 Å². The molecule has 0 bridgehead atoms. The maximum absolute atomic E-state index is 4.44. The predicted octanol–water partition coefficient (Wildman–Crippen LogP) is 3.30. The van der Waals surface area contributed by atoms with Gasteiger partial charge in [0.15, 0.2) is 0 Å². The van der Waals surface area contributed by atoms with E-state index in [0.29, 0.717) is 6.04 Å². The zero-order valence-corrected chi connectivity index (χ0v) is 12.9. The summed E-state index contributed by atoms with van der Waals surface area (Å²) in [7, 11) is 0. The van der Waals surface area contributed by atoms with Crippen LogP contribution in [0.2, 0.25) is 0 Å². The van der Waals surface area contributed by atoms with Crippen LogP contribution in [0.3, 0.4) is 0 Å². The highest BCUT2D eigenvalue weighted by molar-refractivity contribution is 9.10. The Bertz CT molecular complexity index is 410. The average molecular weight is 313 g/mol. The molecule has 0 radical (unpaired) electrons. The molecule has 18 heavy (non-hydrogen) atoms. The van der Waals surface area contributed by atoms with Crippen molar-refractivity contribution in [1.82, 2.24) is 9.97 Å². The molecule has 0 amide bonds. The fourth-order valence-corrected chi connectivity index (χ4v) is 3.10. The summed E-state index contributed by atoms with van der Waals surface area (Å²) in [6, 6.07) is 0.547. The lowest BCUT2D eigenvalue weighted by Crippen LogP contribution is -2.28. The molecule has 0 spiro atoms. The molecule has 1 aromatic rings. The molecule has 2 atom stereocenters. The van der Waals surface area contributed by atoms with Gasteiger partial charge in [0.25, 0.3) is 0 Å². The molecule has 2 rings (SSSR count). The molecule has 100 valence electrons. The van der Waals surface area contributed by atoms with E-state index in [9.17, 15) is 0 Å². The van der Waals surface area contributed by atoms with E-state index < -0.39 is 0 Å². The van der Waals surface area contributed by atoms with Gasteiger partial charge in [-0.25, -0.2) is 9.97 Å². The zero-order chi connectivity index (χ0) is 13.1. The second-order valence-corrected chi connectivity index (χ2v) is 5.92. The van der Waals surface area contributed by atoms with Gasteiger partial charge in [-0.1, -0.05) is 13.8 Å². The summed E-state index contributed by atoms with van der Waals surface area (Å²) in [4.78, 5) is 11.1. The standard InChI is InChI=1S/C13H21BrN4/c1-4-5-15-12-11(14)13(17-8-16-12)18-7-9(2)6-10(18)3/h8-10H,4-7H2,1-3H3,(H,15,16,17). The fourth-order valence-electron chi connectivity index (χ4n) is 2.52. The zero-order valence-electron chi connectivity index (χ0n) is 11.3. The Kier molecular flexibility index (Phi) is 4.43. The summed E-state index contributed by atoms with van der Waals surface area (Å²) in [5.74, 6) is 2.64. The molecule has 5 heteroatoms. The van der Waals surface area contributed by atoms with Crippen LogP contribution in [0.4, 0.5) is 11.6 Å². The maximum atomic E-state index is 4.44. The average Bonchev–Trinajstić information content (AvgIpc) is 2.67. The Balaban J connectivity index is 2.23. The van der Waals surface area contributed by atoms with Gasteiger partial charge in [0, 0.05) is 19.1 Å². The van der Waals surface area contributed by atoms with Crippen molar-refractivity contribution >= 4 is 27.6 Å². The van der Waals surface area contributed by atoms with Crippen LogP contribution in [0.1, 0.15) is 33.6 Å². The molecule has 0 aliphatic carbocycles. The van der Waals surface area contributed by atoms with Crippen molar-refractivity contribution in [3.05, 3.63) is 10.8 Å². The smallest absolute Gasteiger partial charge is 0.148 e. The lowest BCUT2D eigenvalue weighted by molar-refractivity contribution is 0.625. The van der Waals surface area contributed by atoms with Crippen LogP contribution in [0.25, 0.3) is 0 Å². The van der Waals surface area contributed by atoms with Crippen LogP contribution in [-0.2, 0) is 0 Å². The van der Waals surface area contributed by atoms with Gasteiger partial charge >= 0.3 is 0 Å². The molecule has 2 heterocycles. The molecule has 1 fully saturated rings. The van der Waals surface area contributed by atoms with Gasteiger partial charge in [0.1, 0.15) is 22.4 Å². The summed E-state index contributed by atoms with van der Waals surface area (Å²) in [6.07, 6.45) is 3.96. The molecule has 1 aliphatic heterocycles. The van der Waals surface area contributed by atoms with Crippen molar-refractivity contribution < 1.29 is 0 Å². The number of nitrogens with one attached hydrogen (secondary N) is 1. The summed E-state index contributed by atoms with van der Waals surface area (Å²) in [5, 5.41) is 3.33. The molecule has 1 N–H and O–H groups in total. The Morgan fingerprint density at radius 1 is 1.44 bits per heavy atom. The normalized spacial score (nSPS) is 23.4. The summed E-state index contributed by atoms with van der Waals surface area (Å²) < 4.78 is 0.986. The Morgan fingerprint density at radius 3 is 2.83 bits per heavy atom. The molecule has 4 nitrogen and oxygen atoms in total. The van der Waals surface area contributed by atoms with E-state index in [-0.39, 0.29) is 0 Å². The van der Waals surface area contributed by atoms with E-state index in [1.807, 2.05) is 0 Å². The number of aromatic nitrogens is 2. The van der Waals surface area contributed by atoms with Gasteiger partial charge in [-0.3, -0.25) is 0 Å². The van der Waals surface area contributed by atoms with Gasteiger partial charge in [0.2, 0.25) is 0 Å². The number of nitrogens with zero attached hydrogens (tertiary/aromatic N) is 3. The number of anilines is 2. The van der Waals surface area contributed by atoms with Gasteiger partial charge in [-0.2, -0.15) is 0 Å². The molecule has 2 unspecified atom stereocenters. The monoisotopic (exact) mass is 312 g/mol. The van der Waals surface area contributed by atoms with E-state index in [1.165, 1.54) is 6.42 Å². The number of rotatable bonds is 4. The molecule has 1 aromatic heterocycles. The van der Waals surface area contributed by atoms with Crippen LogP contribution >= 0.6 is 15.9 Å². The second kappa shape index (κ2) is 5.87. The van der Waals surface area contributed by atoms with E-state index >= 15 is 0 Å². The third-order valence-corrected chi connectivity index (χ3v) is 4.10. The Morgan fingerprint density at radius 2 is 2.22 bits per heavy atom. The van der Waals surface area contributed by atoms with Gasteiger partial charge in [-0.05, 0) is 41.6 Å². The van der Waals surface area contributed by atoms with E-state index in [2.05, 4.69) is 56.9 Å². The first-order valence-corrected chi connectivity index (χ1v) is 7.43. The Hall–Kier alpha value is -0.840. The lowest BCUT2D eigenvalue weighted by atomic mass is 10.1. The third-order valence-electron chi connectivity index (χ3n) is 3.37. The molecular formula is C13H21BrN4. The van der Waals surface area contributed by atoms with Gasteiger partial charge in [0.05, 0.1) is 0 Å². The maximum Gasteiger partial charge on any atom is 0.148 e. The number of hydrogen-bond donors (Lipinski definition) is 1. The third kappa shape index (κ3) is 2.76. The fraction of sp³-hybridized carbons (Fsp3) is 0.692. The molecule has 1 aliphatic rings. The van der Waals surface area contributed by atoms with Crippen LogP contribution in [0, 0.1) is 5.92 Å². The van der Waals surface area contributed by atoms with E-state index in [0.717, 1.165) is 41.5 Å². The van der Waals surface area contributed by atoms with Crippen molar-refractivity contribution in [3.8, 4) is 0 Å². The first kappa shape index (κ1) is 13.6. The topological polar surface area (TPSA) is 41.1 Å². The SMILES string of the molecule is CCCNc1ncnc(N2CC(C)CC2C)c1Br. The molecular weight excluding hydrogens is 292 g/mol. The first-order valence-electron chi connectivity index (χ1n) is 6.64. The van der Waals surface area contributed by atoms with Crippen LogP contribution < -0.4 is 10.2 Å². The highest BCUT2D eigenvalue weighted by Gasteiger charge is 2.29. The van der Waals surface area contributed by atoms with Crippen molar-refractivity contribution in [2.24, 2.45) is 5.92 Å². The quantitative estimate of drug-likeness (QED) is 0.926. The summed E-state index contributed by atoms with van der Waals surface area (Å²) in [6.45, 7) is 8.71. The first-order chi connectivity index (χ1) is 8.63. The van der Waals surface area contributed by atoms with E-state index in [1.54, 1.807) is 6.33 Å². The Labute approximate surface area is 117 Å². The molecule has 0 saturated carbocycles. The van der Waals surface area contributed by atoms with Crippen molar-refractivity contribution in [3.63, 3.8) is 0 Å². The van der Waals surface area contributed by atoms with Gasteiger partial charge < -0.3 is 10.2 Å². The highest BCUT2D eigenvalue weighted by Crippen LogP contribution is 2.35. The van der Waals surface area contributed by atoms with Gasteiger partial charge in [-0.15, -0.1) is 0 Å². The number of hydrogen-bond acceptors (Lipinski definition) is 4. The highest BCUT2D eigenvalue weighted by atomic mass is 79.9. The molecule has 1 saturated heterocycles. The van der Waals surface area contributed by atoms with Crippen LogP contribution in [0.5, 0.6) is 0 Å². The second-order valence-electron chi connectivity index (χ2n) is 5.13. The molecule has 0 aromatic carbocycles. The minimum absolute atomic E-state index is 0.547. The minimum Gasteiger partial charge on any atom is -0.369 e. The summed E-state index contributed by atoms with van der Waals surface area (Å²) >= 11 is 3.64.